The third kappa shape index (κ3) is 1.84. The first-order valence-electron chi connectivity index (χ1n) is 3.29. The minimum absolute atomic E-state index is 0.302. The highest BCUT2D eigenvalue weighted by Crippen LogP contribution is 2.11. The quantitative estimate of drug-likeness (QED) is 0.619. The minimum Gasteiger partial charge on any atom is -0.224 e. The second kappa shape index (κ2) is 3.19. The summed E-state index contributed by atoms with van der Waals surface area (Å²) in [6, 6.07) is 0. The Morgan fingerprint density at radius 1 is 1.40 bits per heavy atom. The average Bonchev–Trinajstić information content (AvgIpc) is 1.86. The molecule has 3 heteroatoms. The van der Waals surface area contributed by atoms with Crippen molar-refractivity contribution in [2.75, 3.05) is 0 Å². The van der Waals surface area contributed by atoms with Crippen molar-refractivity contribution in [3.05, 3.63) is 11.0 Å². The van der Waals surface area contributed by atoms with E-state index in [1.807, 2.05) is 0 Å². The lowest BCUT2D eigenvalue weighted by atomic mass is 10.6. The minimum atomic E-state index is -2.97. The molecule has 0 N–H and O–H groups in total. The van der Waals surface area contributed by atoms with Gasteiger partial charge in [0, 0.05) is 4.91 Å². The number of sulfone groups is 1. The molecule has 0 aromatic heterocycles. The first-order chi connectivity index (χ1) is 4.42. The van der Waals surface area contributed by atoms with Crippen molar-refractivity contribution in [1.29, 1.82) is 0 Å². The van der Waals surface area contributed by atoms with Gasteiger partial charge in [0.25, 0.3) is 0 Å². The summed E-state index contributed by atoms with van der Waals surface area (Å²) in [6.45, 7) is 6.72. The van der Waals surface area contributed by atoms with E-state index < -0.39 is 9.84 Å². The predicted octanol–water partition coefficient (Wildman–Crippen LogP) is 1.73. The van der Waals surface area contributed by atoms with Crippen LogP contribution in [0.4, 0.5) is 0 Å². The zero-order chi connectivity index (χ0) is 8.36. The van der Waals surface area contributed by atoms with Gasteiger partial charge in [0.1, 0.15) is 0 Å². The van der Waals surface area contributed by atoms with Crippen molar-refractivity contribution in [2.24, 2.45) is 0 Å². The second-order valence-corrected chi connectivity index (χ2v) is 5.17. The molecule has 0 saturated carbocycles. The molecule has 60 valence electrons. The van der Waals surface area contributed by atoms with Crippen LogP contribution in [0, 0.1) is 0 Å². The molecule has 0 fully saturated rings. The summed E-state index contributed by atoms with van der Waals surface area (Å²) in [7, 11) is -2.97. The van der Waals surface area contributed by atoms with E-state index in [1.54, 1.807) is 33.8 Å². The molecule has 0 radical (unpaired) electrons. The van der Waals surface area contributed by atoms with E-state index in [-0.39, 0.29) is 5.25 Å². The molecule has 10 heavy (non-hydrogen) atoms. The molecule has 0 bridgehead atoms. The molecular formula is C7H14O2S. The van der Waals surface area contributed by atoms with Crippen LogP contribution in [-0.4, -0.2) is 13.7 Å². The van der Waals surface area contributed by atoms with Crippen molar-refractivity contribution >= 4 is 9.84 Å². The number of allylic oxidation sites excluding steroid dienone is 2. The van der Waals surface area contributed by atoms with Crippen molar-refractivity contribution in [3.63, 3.8) is 0 Å². The summed E-state index contributed by atoms with van der Waals surface area (Å²) in [5, 5.41) is -0.302. The van der Waals surface area contributed by atoms with Crippen LogP contribution in [0.2, 0.25) is 0 Å². The fraction of sp³-hybridized carbons (Fsp3) is 0.714. The molecule has 0 aliphatic heterocycles. The Morgan fingerprint density at radius 3 is 1.90 bits per heavy atom. The van der Waals surface area contributed by atoms with Crippen LogP contribution in [0.1, 0.15) is 27.7 Å². The largest absolute Gasteiger partial charge is 0.224 e. The summed E-state index contributed by atoms with van der Waals surface area (Å²) in [6.07, 6.45) is 1.62. The van der Waals surface area contributed by atoms with E-state index in [9.17, 15) is 8.42 Å². The van der Waals surface area contributed by atoms with Crippen LogP contribution >= 0.6 is 0 Å². The molecule has 2 nitrogen and oxygen atoms in total. The van der Waals surface area contributed by atoms with Crippen LogP contribution in [0.25, 0.3) is 0 Å². The molecule has 0 unspecified atom stereocenters. The van der Waals surface area contributed by atoms with E-state index >= 15 is 0 Å². The van der Waals surface area contributed by atoms with Gasteiger partial charge in [0.2, 0.25) is 0 Å². The lowest BCUT2D eigenvalue weighted by molar-refractivity contribution is 0.593. The zero-order valence-electron chi connectivity index (χ0n) is 6.88. The van der Waals surface area contributed by atoms with Crippen LogP contribution in [0.3, 0.4) is 0 Å². The highest BCUT2D eigenvalue weighted by Gasteiger charge is 2.16. The van der Waals surface area contributed by atoms with Crippen molar-refractivity contribution in [3.8, 4) is 0 Å². The Hall–Kier alpha value is -0.310. The predicted molar refractivity (Wildman–Crippen MR) is 43.5 cm³/mol. The fourth-order valence-electron chi connectivity index (χ4n) is 0.536. The van der Waals surface area contributed by atoms with E-state index in [1.165, 1.54) is 0 Å². The lowest BCUT2D eigenvalue weighted by Gasteiger charge is -2.05. The topological polar surface area (TPSA) is 34.1 Å². The van der Waals surface area contributed by atoms with Crippen LogP contribution in [0.5, 0.6) is 0 Å². The van der Waals surface area contributed by atoms with Crippen LogP contribution < -0.4 is 0 Å². The first kappa shape index (κ1) is 9.69. The molecule has 0 atom stereocenters. The van der Waals surface area contributed by atoms with Gasteiger partial charge >= 0.3 is 0 Å². The summed E-state index contributed by atoms with van der Waals surface area (Å²) in [5.41, 5.74) is 0. The SMILES string of the molecule is C/C=C(\C)S(=O)(=O)C(C)C. The van der Waals surface area contributed by atoms with Crippen LogP contribution in [0.15, 0.2) is 11.0 Å². The number of rotatable bonds is 2. The van der Waals surface area contributed by atoms with E-state index in [0.29, 0.717) is 4.91 Å². The van der Waals surface area contributed by atoms with Gasteiger partial charge in [-0.3, -0.25) is 0 Å². The highest BCUT2D eigenvalue weighted by molar-refractivity contribution is 7.95. The molecule has 0 aliphatic carbocycles. The fourth-order valence-corrected chi connectivity index (χ4v) is 1.61. The maximum atomic E-state index is 11.2. The first-order valence-corrected chi connectivity index (χ1v) is 4.84. The average molecular weight is 162 g/mol. The van der Waals surface area contributed by atoms with Gasteiger partial charge in [0.05, 0.1) is 5.25 Å². The van der Waals surface area contributed by atoms with E-state index in [4.69, 9.17) is 0 Å². The molecule has 0 aromatic rings. The lowest BCUT2D eigenvalue weighted by Crippen LogP contribution is -2.14. The zero-order valence-corrected chi connectivity index (χ0v) is 7.70. The van der Waals surface area contributed by atoms with Gasteiger partial charge in [-0.05, 0) is 27.7 Å². The molecule has 0 aliphatic rings. The van der Waals surface area contributed by atoms with Gasteiger partial charge in [-0.2, -0.15) is 0 Å². The van der Waals surface area contributed by atoms with Crippen molar-refractivity contribution in [2.45, 2.75) is 32.9 Å². The van der Waals surface area contributed by atoms with Gasteiger partial charge in [-0.25, -0.2) is 8.42 Å². The number of hydrogen-bond donors (Lipinski definition) is 0. The monoisotopic (exact) mass is 162 g/mol. The third-order valence-electron chi connectivity index (χ3n) is 1.48. The Labute approximate surface area is 62.9 Å². The van der Waals surface area contributed by atoms with Crippen molar-refractivity contribution < 1.29 is 8.42 Å². The normalized spacial score (nSPS) is 14.3. The maximum Gasteiger partial charge on any atom is 0.176 e. The Balaban J connectivity index is 4.78. The third-order valence-corrected chi connectivity index (χ3v) is 3.85. The number of hydrogen-bond acceptors (Lipinski definition) is 2. The van der Waals surface area contributed by atoms with Gasteiger partial charge in [-0.15, -0.1) is 0 Å². The maximum absolute atomic E-state index is 11.2. The Kier molecular flexibility index (Phi) is 3.09. The summed E-state index contributed by atoms with van der Waals surface area (Å²) in [4.78, 5) is 0.461. The summed E-state index contributed by atoms with van der Waals surface area (Å²) < 4.78 is 22.4. The van der Waals surface area contributed by atoms with Crippen molar-refractivity contribution in [1.82, 2.24) is 0 Å². The standard InChI is InChI=1S/C7H14O2S/c1-5-7(4)10(8,9)6(2)3/h5-6H,1-4H3/b7-5+. The molecular weight excluding hydrogens is 148 g/mol. The smallest absolute Gasteiger partial charge is 0.176 e. The van der Waals surface area contributed by atoms with E-state index in [0.717, 1.165) is 0 Å². The Bertz CT molecular complexity index is 222. The highest BCUT2D eigenvalue weighted by atomic mass is 32.2. The molecule has 0 heterocycles. The van der Waals surface area contributed by atoms with E-state index in [2.05, 4.69) is 0 Å². The molecule has 0 spiro atoms. The summed E-state index contributed by atoms with van der Waals surface area (Å²) in [5.74, 6) is 0. The van der Waals surface area contributed by atoms with Crippen LogP contribution in [-0.2, 0) is 9.84 Å². The Morgan fingerprint density at radius 2 is 1.80 bits per heavy atom. The molecule has 0 saturated heterocycles. The molecule has 0 aromatic carbocycles. The van der Waals surface area contributed by atoms with Gasteiger partial charge < -0.3 is 0 Å². The molecule has 0 rings (SSSR count). The summed E-state index contributed by atoms with van der Waals surface area (Å²) >= 11 is 0. The van der Waals surface area contributed by atoms with Gasteiger partial charge in [0.15, 0.2) is 9.84 Å². The molecule has 0 amide bonds. The second-order valence-electron chi connectivity index (χ2n) is 2.49. The van der Waals surface area contributed by atoms with Gasteiger partial charge in [-0.1, -0.05) is 6.08 Å².